The number of benzene rings is 2. The van der Waals surface area contributed by atoms with Crippen LogP contribution in [0.1, 0.15) is 42.7 Å². The van der Waals surface area contributed by atoms with Crippen LogP contribution in [0, 0.1) is 5.92 Å². The average molecular weight is 382 g/mol. The first-order chi connectivity index (χ1) is 13.8. The molecule has 4 nitrogen and oxygen atoms in total. The molecule has 4 heteroatoms. The summed E-state index contributed by atoms with van der Waals surface area (Å²) in [7, 11) is 1.70. The van der Waals surface area contributed by atoms with E-state index in [2.05, 4.69) is 47.4 Å². The smallest absolute Gasteiger partial charge is 0.161 e. The lowest BCUT2D eigenvalue weighted by Gasteiger charge is -2.21. The summed E-state index contributed by atoms with van der Waals surface area (Å²) in [5.74, 6) is 2.21. The minimum absolute atomic E-state index is 0.209. The van der Waals surface area contributed by atoms with Gasteiger partial charge in [0.25, 0.3) is 0 Å². The van der Waals surface area contributed by atoms with E-state index in [1.165, 1.54) is 24.0 Å². The van der Waals surface area contributed by atoms with E-state index < -0.39 is 0 Å². The number of hydrogen-bond donors (Lipinski definition) is 1. The van der Waals surface area contributed by atoms with Crippen LogP contribution in [0.4, 0.5) is 0 Å². The van der Waals surface area contributed by atoms with Crippen LogP contribution in [-0.4, -0.2) is 42.9 Å². The van der Waals surface area contributed by atoms with Crippen molar-refractivity contribution in [2.45, 2.75) is 44.2 Å². The maximum Gasteiger partial charge on any atom is 0.161 e. The lowest BCUT2D eigenvalue weighted by Crippen LogP contribution is -2.20. The van der Waals surface area contributed by atoms with Crippen molar-refractivity contribution >= 4 is 0 Å². The van der Waals surface area contributed by atoms with Gasteiger partial charge in [-0.15, -0.1) is 0 Å². The molecule has 0 radical (unpaired) electrons. The molecule has 1 aliphatic heterocycles. The molecular weight excluding hydrogens is 350 g/mol. The van der Waals surface area contributed by atoms with Gasteiger partial charge in [-0.2, -0.15) is 0 Å². The number of nitrogens with zero attached hydrogens (tertiary/aromatic N) is 1. The minimum atomic E-state index is 0.209. The standard InChI is InChI=1S/C24H31NO3/c1-27-23-12-11-19(13-24(23)28-21-9-5-6-10-21)22-16-25(15-20(22)17-26)14-18-7-3-2-4-8-18/h2-4,7-8,11-13,20-22,26H,5-6,9-10,14-17H2,1H3/t20-,22-/m0/s1. The summed E-state index contributed by atoms with van der Waals surface area (Å²) in [4.78, 5) is 2.45. The van der Waals surface area contributed by atoms with E-state index >= 15 is 0 Å². The third-order valence-corrected chi connectivity index (χ3v) is 6.21. The summed E-state index contributed by atoms with van der Waals surface area (Å²) >= 11 is 0. The fraction of sp³-hybridized carbons (Fsp3) is 0.500. The second-order valence-electron chi connectivity index (χ2n) is 8.16. The summed E-state index contributed by atoms with van der Waals surface area (Å²) in [6, 6.07) is 16.9. The quantitative estimate of drug-likeness (QED) is 0.780. The van der Waals surface area contributed by atoms with Crippen molar-refractivity contribution in [2.24, 2.45) is 5.92 Å². The van der Waals surface area contributed by atoms with Gasteiger partial charge in [0.2, 0.25) is 0 Å². The normalized spacial score (nSPS) is 23.2. The summed E-state index contributed by atoms with van der Waals surface area (Å²) in [6.45, 7) is 3.01. The Hall–Kier alpha value is -2.04. The van der Waals surface area contributed by atoms with Crippen LogP contribution in [0.5, 0.6) is 11.5 Å². The average Bonchev–Trinajstić information content (AvgIpc) is 3.38. The summed E-state index contributed by atoms with van der Waals surface area (Å²) < 4.78 is 11.8. The minimum Gasteiger partial charge on any atom is -0.493 e. The van der Waals surface area contributed by atoms with Gasteiger partial charge in [0.15, 0.2) is 11.5 Å². The Kier molecular flexibility index (Phi) is 6.18. The van der Waals surface area contributed by atoms with Crippen molar-refractivity contribution in [2.75, 3.05) is 26.8 Å². The van der Waals surface area contributed by atoms with E-state index in [-0.39, 0.29) is 12.5 Å². The van der Waals surface area contributed by atoms with E-state index in [4.69, 9.17) is 9.47 Å². The van der Waals surface area contributed by atoms with Crippen molar-refractivity contribution in [1.82, 2.24) is 4.90 Å². The lowest BCUT2D eigenvalue weighted by atomic mass is 9.89. The van der Waals surface area contributed by atoms with Gasteiger partial charge < -0.3 is 14.6 Å². The molecule has 28 heavy (non-hydrogen) atoms. The Morgan fingerprint density at radius 3 is 2.50 bits per heavy atom. The van der Waals surface area contributed by atoms with Crippen LogP contribution in [0.2, 0.25) is 0 Å². The van der Waals surface area contributed by atoms with Crippen LogP contribution >= 0.6 is 0 Å². The van der Waals surface area contributed by atoms with Gasteiger partial charge in [0.1, 0.15) is 0 Å². The zero-order chi connectivity index (χ0) is 19.3. The lowest BCUT2D eigenvalue weighted by molar-refractivity contribution is 0.199. The molecule has 2 aliphatic rings. The number of ether oxygens (including phenoxy) is 2. The fourth-order valence-electron chi connectivity index (χ4n) is 4.70. The molecule has 1 aliphatic carbocycles. The van der Waals surface area contributed by atoms with E-state index in [1.807, 2.05) is 6.07 Å². The van der Waals surface area contributed by atoms with Crippen LogP contribution in [-0.2, 0) is 6.54 Å². The molecule has 2 aromatic rings. The van der Waals surface area contributed by atoms with E-state index in [1.54, 1.807) is 7.11 Å². The molecule has 1 N–H and O–H groups in total. The van der Waals surface area contributed by atoms with Gasteiger partial charge in [0, 0.05) is 38.1 Å². The highest BCUT2D eigenvalue weighted by Gasteiger charge is 2.34. The number of methoxy groups -OCH3 is 1. The van der Waals surface area contributed by atoms with E-state index in [0.29, 0.717) is 12.0 Å². The highest BCUT2D eigenvalue weighted by atomic mass is 16.5. The number of hydrogen-bond acceptors (Lipinski definition) is 4. The van der Waals surface area contributed by atoms with E-state index in [9.17, 15) is 5.11 Å². The van der Waals surface area contributed by atoms with Gasteiger partial charge >= 0.3 is 0 Å². The van der Waals surface area contributed by atoms with Crippen molar-refractivity contribution in [1.29, 1.82) is 0 Å². The largest absolute Gasteiger partial charge is 0.493 e. The van der Waals surface area contributed by atoms with Crippen molar-refractivity contribution in [3.63, 3.8) is 0 Å². The fourth-order valence-corrected chi connectivity index (χ4v) is 4.70. The Morgan fingerprint density at radius 1 is 1.00 bits per heavy atom. The number of aliphatic hydroxyl groups excluding tert-OH is 1. The van der Waals surface area contributed by atoms with Crippen LogP contribution in [0.25, 0.3) is 0 Å². The van der Waals surface area contributed by atoms with Crippen LogP contribution < -0.4 is 9.47 Å². The Balaban J connectivity index is 1.51. The molecule has 2 aromatic carbocycles. The first kappa shape index (κ1) is 19.3. The molecule has 0 amide bonds. The molecule has 2 fully saturated rings. The second kappa shape index (κ2) is 8.97. The molecule has 1 saturated heterocycles. The van der Waals surface area contributed by atoms with Crippen LogP contribution in [0.15, 0.2) is 48.5 Å². The Bertz CT molecular complexity index is 758. The summed E-state index contributed by atoms with van der Waals surface area (Å²) in [6.07, 6.45) is 5.05. The molecule has 1 saturated carbocycles. The van der Waals surface area contributed by atoms with Crippen molar-refractivity contribution < 1.29 is 14.6 Å². The van der Waals surface area contributed by atoms with E-state index in [0.717, 1.165) is 44.0 Å². The first-order valence-electron chi connectivity index (χ1n) is 10.5. The molecule has 0 unspecified atom stereocenters. The molecule has 0 bridgehead atoms. The predicted molar refractivity (Wildman–Crippen MR) is 111 cm³/mol. The maximum atomic E-state index is 10.00. The molecule has 2 atom stereocenters. The number of aliphatic hydroxyl groups is 1. The predicted octanol–water partition coefficient (Wildman–Crippen LogP) is 4.22. The monoisotopic (exact) mass is 381 g/mol. The highest BCUT2D eigenvalue weighted by Crippen LogP contribution is 2.39. The number of likely N-dealkylation sites (tertiary alicyclic amines) is 1. The van der Waals surface area contributed by atoms with Gasteiger partial charge in [-0.05, 0) is 48.9 Å². The second-order valence-corrected chi connectivity index (χ2v) is 8.16. The summed E-state index contributed by atoms with van der Waals surface area (Å²) in [5.41, 5.74) is 2.56. The Morgan fingerprint density at radius 2 is 1.79 bits per heavy atom. The zero-order valence-corrected chi connectivity index (χ0v) is 16.7. The molecule has 0 aromatic heterocycles. The van der Waals surface area contributed by atoms with Gasteiger partial charge in [-0.3, -0.25) is 4.90 Å². The Labute approximate surface area is 168 Å². The first-order valence-corrected chi connectivity index (χ1v) is 10.5. The molecule has 0 spiro atoms. The molecule has 4 rings (SSSR count). The van der Waals surface area contributed by atoms with Gasteiger partial charge in [-0.25, -0.2) is 0 Å². The van der Waals surface area contributed by atoms with Gasteiger partial charge in [0.05, 0.1) is 13.2 Å². The van der Waals surface area contributed by atoms with Gasteiger partial charge in [-0.1, -0.05) is 36.4 Å². The van der Waals surface area contributed by atoms with Crippen molar-refractivity contribution in [3.05, 3.63) is 59.7 Å². The molecule has 150 valence electrons. The summed E-state index contributed by atoms with van der Waals surface area (Å²) in [5, 5.41) is 10.00. The third kappa shape index (κ3) is 4.34. The van der Waals surface area contributed by atoms with Crippen molar-refractivity contribution in [3.8, 4) is 11.5 Å². The highest BCUT2D eigenvalue weighted by molar-refractivity contribution is 5.44. The topological polar surface area (TPSA) is 41.9 Å². The third-order valence-electron chi connectivity index (χ3n) is 6.21. The maximum absolute atomic E-state index is 10.00. The SMILES string of the molecule is COc1ccc([C@@H]2CN(Cc3ccccc3)C[C@H]2CO)cc1OC1CCCC1. The van der Waals surface area contributed by atoms with Crippen LogP contribution in [0.3, 0.4) is 0 Å². The zero-order valence-electron chi connectivity index (χ0n) is 16.7. The molecule has 1 heterocycles. The number of rotatable bonds is 7. The molecular formula is C24H31NO3.